The van der Waals surface area contributed by atoms with Crippen LogP contribution >= 0.6 is 0 Å². The van der Waals surface area contributed by atoms with Gasteiger partial charge in [-0.2, -0.15) is 9.61 Å². The summed E-state index contributed by atoms with van der Waals surface area (Å²) in [7, 11) is 1.23. The molecule has 0 unspecified atom stereocenters. The molecule has 4 aromatic heterocycles. The van der Waals surface area contributed by atoms with Crippen molar-refractivity contribution in [1.29, 1.82) is 0 Å². The Morgan fingerprint density at radius 2 is 2.06 bits per heavy atom. The summed E-state index contributed by atoms with van der Waals surface area (Å²) in [5, 5.41) is 16.9. The molecule has 0 saturated heterocycles. The highest BCUT2D eigenvalue weighted by molar-refractivity contribution is 5.96. The molecule has 35 heavy (non-hydrogen) atoms. The molecule has 0 aliphatic heterocycles. The fourth-order valence-electron chi connectivity index (χ4n) is 4.11. The van der Waals surface area contributed by atoms with E-state index in [1.54, 1.807) is 6.07 Å². The molecule has 0 aliphatic carbocycles. The van der Waals surface area contributed by atoms with Crippen LogP contribution in [0.1, 0.15) is 21.6 Å². The van der Waals surface area contributed by atoms with Crippen molar-refractivity contribution in [3.63, 3.8) is 0 Å². The minimum atomic E-state index is -0.658. The van der Waals surface area contributed by atoms with Gasteiger partial charge in [0, 0.05) is 28.9 Å². The van der Waals surface area contributed by atoms with Crippen LogP contribution < -0.4 is 5.06 Å². The first-order valence-electron chi connectivity index (χ1n) is 10.7. The Bertz CT molecular complexity index is 1580. The zero-order valence-corrected chi connectivity index (χ0v) is 18.8. The molecule has 0 spiro atoms. The van der Waals surface area contributed by atoms with Crippen molar-refractivity contribution < 1.29 is 23.5 Å². The van der Waals surface area contributed by atoms with Gasteiger partial charge in [0.2, 0.25) is 0 Å². The van der Waals surface area contributed by atoms with Gasteiger partial charge in [0.1, 0.15) is 17.2 Å². The summed E-state index contributed by atoms with van der Waals surface area (Å²) in [5.74, 6) is -1.38. The summed E-state index contributed by atoms with van der Waals surface area (Å²) < 4.78 is 34.1. The number of carbonyl (C=O) groups is 1. The van der Waals surface area contributed by atoms with Crippen LogP contribution in [0.15, 0.2) is 48.9 Å². The van der Waals surface area contributed by atoms with E-state index < -0.39 is 11.8 Å². The van der Waals surface area contributed by atoms with Gasteiger partial charge < -0.3 is 9.72 Å². The van der Waals surface area contributed by atoms with Crippen LogP contribution in [0.5, 0.6) is 0 Å². The number of pyridine rings is 1. The number of benzene rings is 1. The Hall–Kier alpha value is -4.38. The van der Waals surface area contributed by atoms with Crippen LogP contribution in [-0.2, 0) is 11.2 Å². The molecule has 0 amide bonds. The van der Waals surface area contributed by atoms with E-state index in [0.717, 1.165) is 27.9 Å². The maximum Gasteiger partial charge on any atom is 0.343 e. The zero-order chi connectivity index (χ0) is 24.7. The van der Waals surface area contributed by atoms with E-state index in [2.05, 4.69) is 20.1 Å². The Balaban J connectivity index is 1.56. The lowest BCUT2D eigenvalue weighted by molar-refractivity contribution is 0.0602. The van der Waals surface area contributed by atoms with E-state index in [4.69, 9.17) is 4.74 Å². The number of hydrogen-bond donors (Lipinski definition) is 2. The predicted octanol–water partition coefficient (Wildman–Crippen LogP) is 4.08. The van der Waals surface area contributed by atoms with Gasteiger partial charge in [-0.25, -0.2) is 23.6 Å². The van der Waals surface area contributed by atoms with Gasteiger partial charge in [0.15, 0.2) is 11.5 Å². The summed E-state index contributed by atoms with van der Waals surface area (Å²) in [6.45, 7) is 1.95. The van der Waals surface area contributed by atoms with E-state index >= 15 is 0 Å². The summed E-state index contributed by atoms with van der Waals surface area (Å²) >= 11 is 0. The number of aryl methyl sites for hydroxylation is 1. The number of fused-ring (bicyclic) bond motifs is 2. The second-order valence-electron chi connectivity index (χ2n) is 7.94. The Labute approximate surface area is 197 Å². The van der Waals surface area contributed by atoms with Gasteiger partial charge in [0.25, 0.3) is 0 Å². The van der Waals surface area contributed by atoms with Gasteiger partial charge in [0.05, 0.1) is 37.3 Å². The van der Waals surface area contributed by atoms with Crippen molar-refractivity contribution in [1.82, 2.24) is 24.6 Å². The number of aromatic nitrogens is 5. The maximum absolute atomic E-state index is 14.2. The van der Waals surface area contributed by atoms with Crippen molar-refractivity contribution in [3.8, 4) is 11.3 Å². The number of halogens is 2. The number of hydroxylamine groups is 1. The molecule has 4 heterocycles. The molecule has 0 aliphatic rings. The molecule has 0 radical (unpaired) electrons. The Morgan fingerprint density at radius 1 is 1.23 bits per heavy atom. The highest BCUT2D eigenvalue weighted by atomic mass is 19.1. The number of nitrogens with one attached hydrogen (secondary N) is 1. The fraction of sp³-hybridized carbons (Fsp3) is 0.167. The van der Waals surface area contributed by atoms with Gasteiger partial charge >= 0.3 is 5.97 Å². The van der Waals surface area contributed by atoms with Crippen LogP contribution in [0.25, 0.3) is 27.8 Å². The minimum absolute atomic E-state index is 0.0799. The number of carbonyl (C=O) groups excluding carboxylic acids is 1. The van der Waals surface area contributed by atoms with Crippen molar-refractivity contribution in [2.24, 2.45) is 0 Å². The molecule has 1 aromatic carbocycles. The normalized spacial score (nSPS) is 11.3. The van der Waals surface area contributed by atoms with E-state index in [1.165, 1.54) is 42.2 Å². The third-order valence-electron chi connectivity index (χ3n) is 5.80. The molecule has 0 bridgehead atoms. The number of aromatic amines is 1. The third-order valence-corrected chi connectivity index (χ3v) is 5.80. The van der Waals surface area contributed by atoms with Gasteiger partial charge in [-0.1, -0.05) is 12.1 Å². The number of anilines is 1. The summed E-state index contributed by atoms with van der Waals surface area (Å²) in [6.07, 6.45) is 4.14. The second kappa shape index (κ2) is 8.76. The van der Waals surface area contributed by atoms with Gasteiger partial charge in [-0.15, -0.1) is 0 Å². The van der Waals surface area contributed by atoms with E-state index in [9.17, 15) is 18.8 Å². The summed E-state index contributed by atoms with van der Waals surface area (Å²) in [6, 6.07) is 7.59. The molecule has 11 heteroatoms. The summed E-state index contributed by atoms with van der Waals surface area (Å²) in [5.41, 5.74) is 2.88. The van der Waals surface area contributed by atoms with Crippen molar-refractivity contribution in [3.05, 3.63) is 77.4 Å². The number of rotatable bonds is 6. The average molecular weight is 478 g/mol. The average Bonchev–Trinajstić information content (AvgIpc) is 3.43. The third kappa shape index (κ3) is 3.95. The quantitative estimate of drug-likeness (QED) is 0.280. The van der Waals surface area contributed by atoms with Crippen LogP contribution in [0, 0.1) is 18.6 Å². The molecular formula is C24H20F2N6O3. The molecule has 0 atom stereocenters. The van der Waals surface area contributed by atoms with Crippen LogP contribution in [0.2, 0.25) is 0 Å². The van der Waals surface area contributed by atoms with E-state index in [1.807, 2.05) is 13.0 Å². The number of ether oxygens (including phenoxy) is 1. The number of H-pyrrole nitrogens is 1. The number of esters is 1. The Kier molecular flexibility index (Phi) is 5.61. The van der Waals surface area contributed by atoms with Crippen molar-refractivity contribution in [2.45, 2.75) is 13.3 Å². The lowest BCUT2D eigenvalue weighted by Gasteiger charge is -2.19. The topological polar surface area (TPSA) is 109 Å². The monoisotopic (exact) mass is 478 g/mol. The van der Waals surface area contributed by atoms with Crippen molar-refractivity contribution in [2.75, 3.05) is 18.7 Å². The van der Waals surface area contributed by atoms with Crippen LogP contribution in [0.4, 0.5) is 14.6 Å². The minimum Gasteiger partial charge on any atom is -0.465 e. The highest BCUT2D eigenvalue weighted by Crippen LogP contribution is 2.28. The van der Waals surface area contributed by atoms with Gasteiger partial charge in [-0.05, 0) is 31.0 Å². The lowest BCUT2D eigenvalue weighted by Crippen LogP contribution is -2.24. The lowest BCUT2D eigenvalue weighted by atomic mass is 10.1. The number of para-hydroxylation sites is 1. The zero-order valence-electron chi connectivity index (χ0n) is 18.8. The molecule has 2 N–H and O–H groups in total. The first-order valence-corrected chi connectivity index (χ1v) is 10.7. The number of nitrogens with zero attached hydrogens (tertiary/aromatic N) is 5. The molecule has 5 aromatic rings. The highest BCUT2D eigenvalue weighted by Gasteiger charge is 2.21. The fourth-order valence-corrected chi connectivity index (χ4v) is 4.11. The molecule has 5 rings (SSSR count). The Morgan fingerprint density at radius 3 is 2.83 bits per heavy atom. The van der Waals surface area contributed by atoms with Crippen LogP contribution in [-0.4, -0.2) is 49.4 Å². The molecule has 0 saturated carbocycles. The smallest absolute Gasteiger partial charge is 0.343 e. The summed E-state index contributed by atoms with van der Waals surface area (Å²) in [4.78, 5) is 23.6. The van der Waals surface area contributed by atoms with Crippen LogP contribution in [0.3, 0.4) is 0 Å². The first kappa shape index (κ1) is 22.4. The predicted molar refractivity (Wildman–Crippen MR) is 123 cm³/mol. The first-order chi connectivity index (χ1) is 16.9. The van der Waals surface area contributed by atoms with Gasteiger partial charge in [-0.3, -0.25) is 10.2 Å². The van der Waals surface area contributed by atoms with E-state index in [-0.39, 0.29) is 35.1 Å². The van der Waals surface area contributed by atoms with E-state index in [0.29, 0.717) is 17.5 Å². The van der Waals surface area contributed by atoms with Crippen molar-refractivity contribution >= 4 is 28.3 Å². The largest absolute Gasteiger partial charge is 0.465 e. The molecule has 9 nitrogen and oxygen atoms in total. The SMILES string of the molecule is COC(=O)c1cnn2c(N(O)CCc3c(C)[nH]c4c(F)cccc34)cc(-c3cncc(F)c3)nc12. The standard InChI is InChI=1S/C24H20F2N6O3/c1-13-16(17-4-3-5-19(26)22(17)29-13)6-7-31(34)21-9-20(14-8-15(25)11-27-10-14)30-23-18(24(33)35-2)12-28-32(21)23/h3-5,8-12,29,34H,6-7H2,1-2H3. The second-order valence-corrected chi connectivity index (χ2v) is 7.94. The number of hydrogen-bond acceptors (Lipinski definition) is 7. The molecule has 0 fully saturated rings. The number of methoxy groups -OCH3 is 1. The molecular weight excluding hydrogens is 458 g/mol. The maximum atomic E-state index is 14.2. The molecule has 178 valence electrons.